The molecule has 0 saturated carbocycles. The fourth-order valence-electron chi connectivity index (χ4n) is 8.37. The number of esters is 2. The van der Waals surface area contributed by atoms with Crippen molar-refractivity contribution in [2.75, 3.05) is 47.5 Å². The molecule has 9 nitrogen and oxygen atoms in total. The molecule has 0 radical (unpaired) electrons. The summed E-state index contributed by atoms with van der Waals surface area (Å²) < 4.78 is 22.7. The highest BCUT2D eigenvalue weighted by Gasteiger charge is 2.22. The fraction of sp³-hybridized carbons (Fsp3) is 0.537. The van der Waals surface area contributed by atoms with Gasteiger partial charge in [0.1, 0.15) is 13.2 Å². The van der Waals surface area contributed by atoms with Crippen LogP contribution < -0.4 is 5.11 Å². The summed E-state index contributed by atoms with van der Waals surface area (Å²) in [6, 6.07) is 0. The molecular weight excluding hydrogens is 1100 g/mol. The summed E-state index contributed by atoms with van der Waals surface area (Å²) in [4.78, 5) is 37.5. The molecule has 0 aliphatic heterocycles. The van der Waals surface area contributed by atoms with Crippen LogP contribution in [0.5, 0.6) is 0 Å². The Balaban J connectivity index is 4.30. The first-order valence-electron chi connectivity index (χ1n) is 34.2. The van der Waals surface area contributed by atoms with Crippen molar-refractivity contribution >= 4 is 17.9 Å². The topological polar surface area (TPSA) is 111 Å². The molecule has 0 saturated heterocycles. The first kappa shape index (κ1) is 82.9. The zero-order valence-corrected chi connectivity index (χ0v) is 56.5. The van der Waals surface area contributed by atoms with Crippen LogP contribution in [0.3, 0.4) is 0 Å². The van der Waals surface area contributed by atoms with E-state index in [1.165, 1.54) is 32.1 Å². The second-order valence-electron chi connectivity index (χ2n) is 23.0. The highest BCUT2D eigenvalue weighted by molar-refractivity contribution is 5.70. The number of rotatable bonds is 60. The number of unbranched alkanes of at least 4 members (excludes halogenated alkanes) is 11. The van der Waals surface area contributed by atoms with E-state index < -0.39 is 30.3 Å². The van der Waals surface area contributed by atoms with Crippen molar-refractivity contribution in [1.82, 2.24) is 0 Å². The van der Waals surface area contributed by atoms with E-state index in [-0.39, 0.29) is 32.7 Å². The number of nitrogens with zero attached hydrogens (tertiary/aromatic N) is 1. The van der Waals surface area contributed by atoms with Crippen LogP contribution in [0.2, 0.25) is 0 Å². The van der Waals surface area contributed by atoms with Gasteiger partial charge in [0.05, 0.1) is 40.3 Å². The van der Waals surface area contributed by atoms with Gasteiger partial charge in [-0.05, 0) is 148 Å². The van der Waals surface area contributed by atoms with E-state index in [1.807, 2.05) is 21.1 Å². The number of carbonyl (C=O) groups is 3. The number of hydrogen-bond acceptors (Lipinski definition) is 8. The predicted octanol–water partition coefficient (Wildman–Crippen LogP) is 20.2. The van der Waals surface area contributed by atoms with E-state index in [2.05, 4.69) is 220 Å². The molecule has 0 aromatic rings. The maximum Gasteiger partial charge on any atom is 0.306 e. The Morgan fingerprint density at radius 2 is 0.607 bits per heavy atom. The van der Waals surface area contributed by atoms with Gasteiger partial charge >= 0.3 is 11.9 Å². The Labute approximate surface area is 544 Å². The number of likely N-dealkylation sites (N-methyl/N-ethyl adjacent to an activating group) is 1. The lowest BCUT2D eigenvalue weighted by Crippen LogP contribution is -2.44. The summed E-state index contributed by atoms with van der Waals surface area (Å²) in [7, 11) is 5.89. The van der Waals surface area contributed by atoms with Crippen LogP contribution in [0.1, 0.15) is 219 Å². The number of allylic oxidation sites excluding steroid dienone is 34. The van der Waals surface area contributed by atoms with Crippen LogP contribution >= 0.6 is 0 Å². The Bertz CT molecular complexity index is 2210. The lowest BCUT2D eigenvalue weighted by atomic mass is 10.1. The molecule has 0 bridgehead atoms. The minimum atomic E-state index is -1.65. The summed E-state index contributed by atoms with van der Waals surface area (Å²) in [5.74, 6) is -2.38. The van der Waals surface area contributed by atoms with E-state index in [4.69, 9.17) is 18.9 Å². The molecule has 0 aromatic carbocycles. The smallest absolute Gasteiger partial charge is 0.306 e. The number of aliphatic carboxylic acids is 1. The van der Waals surface area contributed by atoms with Gasteiger partial charge in [-0.1, -0.05) is 265 Å². The third kappa shape index (κ3) is 69.2. The maximum absolute atomic E-state index is 12.9. The van der Waals surface area contributed by atoms with Crippen molar-refractivity contribution in [3.05, 3.63) is 207 Å². The number of carboxylic acid groups (broad SMARTS) is 1. The van der Waals surface area contributed by atoms with Gasteiger partial charge in [-0.15, -0.1) is 0 Å². The summed E-state index contributed by atoms with van der Waals surface area (Å²) >= 11 is 0. The molecule has 0 heterocycles. The number of ether oxygens (including phenoxy) is 4. The maximum atomic E-state index is 12.9. The summed E-state index contributed by atoms with van der Waals surface area (Å²) in [5, 5.41) is 11.8. The number of carboxylic acids is 1. The van der Waals surface area contributed by atoms with Crippen molar-refractivity contribution < 1.29 is 42.9 Å². The van der Waals surface area contributed by atoms with Gasteiger partial charge in [0.2, 0.25) is 0 Å². The molecule has 89 heavy (non-hydrogen) atoms. The monoisotopic (exact) mass is 1230 g/mol. The van der Waals surface area contributed by atoms with E-state index in [1.54, 1.807) is 0 Å². The first-order chi connectivity index (χ1) is 43.6. The molecule has 0 rings (SSSR count). The molecule has 2 unspecified atom stereocenters. The molecule has 0 aromatic heterocycles. The van der Waals surface area contributed by atoms with Crippen LogP contribution in [0.15, 0.2) is 207 Å². The molecule has 0 aliphatic carbocycles. The Morgan fingerprint density at radius 3 is 0.921 bits per heavy atom. The van der Waals surface area contributed by atoms with Crippen molar-refractivity contribution in [1.29, 1.82) is 0 Å². The largest absolute Gasteiger partial charge is 0.545 e. The Hall–Kier alpha value is -6.13. The molecule has 0 aliphatic rings. The summed E-state index contributed by atoms with van der Waals surface area (Å²) in [6.45, 7) is 4.43. The van der Waals surface area contributed by atoms with E-state index in [9.17, 15) is 19.5 Å². The second-order valence-corrected chi connectivity index (χ2v) is 23.0. The van der Waals surface area contributed by atoms with Gasteiger partial charge in [-0.25, -0.2) is 0 Å². The normalized spacial score (nSPS) is 14.0. The minimum absolute atomic E-state index is 0.127. The average molecular weight is 1230 g/mol. The van der Waals surface area contributed by atoms with Gasteiger partial charge in [0.25, 0.3) is 0 Å². The number of hydrogen-bond donors (Lipinski definition) is 0. The van der Waals surface area contributed by atoms with Crippen molar-refractivity contribution in [2.24, 2.45) is 0 Å². The van der Waals surface area contributed by atoms with Crippen LogP contribution in [0, 0.1) is 0 Å². The Kier molecular flexibility index (Phi) is 63.1. The zero-order valence-electron chi connectivity index (χ0n) is 56.5. The van der Waals surface area contributed by atoms with Crippen LogP contribution in [0.25, 0.3) is 0 Å². The van der Waals surface area contributed by atoms with E-state index in [0.717, 1.165) is 148 Å². The van der Waals surface area contributed by atoms with Crippen LogP contribution in [-0.2, 0) is 33.3 Å². The van der Waals surface area contributed by atoms with Gasteiger partial charge in [0, 0.05) is 12.8 Å². The number of quaternary nitrogens is 1. The standard InChI is InChI=1S/C80H123NO8/c1-6-8-10-12-14-16-18-20-22-24-26-28-30-32-34-35-36-37-38-39-40-41-42-43-45-47-49-51-53-55-57-59-61-63-65-67-69-71-78(83)89-76(75-88-80(79(84)85)86-73-72-81(3,4)5)74-87-77(82)70-68-66-64-62-60-58-56-54-52-50-48-46-44-33-31-29-27-25-23-21-19-17-15-13-11-9-7-2/h8-11,14-17,20-23,26-29,32-34,36-37,39-40,42-44,47-50,54,56,60,62,76,80H,6-7,12-13,18-19,24-25,30-31,35,38,41,45-46,51-53,55,57-59,61,63-75H2,1-5H3/b10-8-,11-9-,16-14-,17-15-,22-20-,23-21-,28-26-,29-27-,34-32-,37-36-,40-39-,43-42-,44-33-,49-47-,50-48-,56-54-,62-60-. The van der Waals surface area contributed by atoms with E-state index in [0.29, 0.717) is 23.9 Å². The molecule has 0 amide bonds. The fourth-order valence-corrected chi connectivity index (χ4v) is 8.37. The zero-order chi connectivity index (χ0) is 64.7. The van der Waals surface area contributed by atoms with E-state index >= 15 is 0 Å². The van der Waals surface area contributed by atoms with Crippen molar-refractivity contribution in [3.63, 3.8) is 0 Å². The molecule has 0 N–H and O–H groups in total. The molecule has 0 fully saturated rings. The summed E-state index contributed by atoms with van der Waals surface area (Å²) in [5.41, 5.74) is 0. The van der Waals surface area contributed by atoms with Crippen molar-refractivity contribution in [2.45, 2.75) is 232 Å². The van der Waals surface area contributed by atoms with Crippen LogP contribution in [-0.4, -0.2) is 82.3 Å². The SMILES string of the molecule is CC/C=C\C/C=C\C/C=C\C/C=C\C/C=C\C/C=C\C/C=C\C/C=C\C/C=C\CCCCCCCCCCCC(=O)OC(COC(=O)CCCC/C=C\C/C=C\C/C=C\C/C=C\C/C=C\C/C=C\C/C=C\C/C=C\CC)COC(OCC[N+](C)(C)C)C(=O)[O-]. The molecule has 496 valence electrons. The first-order valence-corrected chi connectivity index (χ1v) is 34.2. The van der Waals surface area contributed by atoms with Gasteiger partial charge in [0.15, 0.2) is 12.4 Å². The van der Waals surface area contributed by atoms with Gasteiger partial charge < -0.3 is 33.3 Å². The minimum Gasteiger partial charge on any atom is -0.545 e. The second kappa shape index (κ2) is 67.8. The average Bonchev–Trinajstić information content (AvgIpc) is 3.70. The Morgan fingerprint density at radius 1 is 0.337 bits per heavy atom. The van der Waals surface area contributed by atoms with Gasteiger partial charge in [-0.2, -0.15) is 0 Å². The molecular formula is C80H123NO8. The van der Waals surface area contributed by atoms with Gasteiger partial charge in [-0.3, -0.25) is 9.59 Å². The molecule has 0 spiro atoms. The summed E-state index contributed by atoms with van der Waals surface area (Å²) in [6.07, 6.45) is 103. The predicted molar refractivity (Wildman–Crippen MR) is 379 cm³/mol. The third-order valence-corrected chi connectivity index (χ3v) is 13.5. The lowest BCUT2D eigenvalue weighted by Gasteiger charge is -2.26. The van der Waals surface area contributed by atoms with Crippen LogP contribution in [0.4, 0.5) is 0 Å². The highest BCUT2D eigenvalue weighted by atomic mass is 16.7. The third-order valence-electron chi connectivity index (χ3n) is 13.5. The highest BCUT2D eigenvalue weighted by Crippen LogP contribution is 2.14. The molecule has 9 heteroatoms. The lowest BCUT2D eigenvalue weighted by molar-refractivity contribution is -0.870. The quantitative estimate of drug-likeness (QED) is 0.0195. The number of carbonyl (C=O) groups excluding carboxylic acids is 3. The molecule has 2 atom stereocenters. The van der Waals surface area contributed by atoms with Crippen molar-refractivity contribution in [3.8, 4) is 0 Å².